The van der Waals surface area contributed by atoms with Crippen molar-refractivity contribution in [2.75, 3.05) is 42.8 Å². The number of aromatic nitrogens is 4. The molecule has 0 radical (unpaired) electrons. The Morgan fingerprint density at radius 1 is 0.912 bits per heavy atom. The lowest BCUT2D eigenvalue weighted by Crippen LogP contribution is -2.47. The highest BCUT2D eigenvalue weighted by atomic mass is 35.5. The number of rotatable bonds is 3. The van der Waals surface area contributed by atoms with Crippen molar-refractivity contribution >= 4 is 34.3 Å². The Morgan fingerprint density at radius 3 is 2.53 bits per heavy atom. The maximum Gasteiger partial charge on any atom is 0.334 e. The van der Waals surface area contributed by atoms with E-state index in [0.29, 0.717) is 41.2 Å². The predicted octanol–water partition coefficient (Wildman–Crippen LogP) is 2.18. The number of benzene rings is 2. The Labute approximate surface area is 198 Å². The molecule has 0 atom stereocenters. The number of aromatic amines is 1. The molecule has 0 bridgehead atoms. The fraction of sp³-hybridized carbons (Fsp3) is 0.217. The van der Waals surface area contributed by atoms with Crippen LogP contribution in [0.4, 0.5) is 11.6 Å². The second-order valence-corrected chi connectivity index (χ2v) is 8.43. The van der Waals surface area contributed by atoms with Crippen molar-refractivity contribution in [1.29, 1.82) is 0 Å². The molecule has 4 aromatic rings. The Morgan fingerprint density at radius 2 is 1.71 bits per heavy atom. The molecule has 0 unspecified atom stereocenters. The predicted molar refractivity (Wildman–Crippen MR) is 128 cm³/mol. The highest BCUT2D eigenvalue weighted by Crippen LogP contribution is 2.33. The third kappa shape index (κ3) is 3.52. The Bertz CT molecular complexity index is 1530. The molecular formula is C23H19ClN6O4. The van der Waals surface area contributed by atoms with E-state index in [1.807, 2.05) is 29.2 Å². The molecule has 0 spiro atoms. The van der Waals surface area contributed by atoms with Crippen molar-refractivity contribution in [1.82, 2.24) is 19.5 Å². The van der Waals surface area contributed by atoms with Crippen molar-refractivity contribution in [2.24, 2.45) is 0 Å². The van der Waals surface area contributed by atoms with Gasteiger partial charge in [-0.05, 0) is 30.3 Å². The summed E-state index contributed by atoms with van der Waals surface area (Å²) in [6.45, 7) is 3.02. The molecule has 172 valence electrons. The minimum Gasteiger partial charge on any atom is -0.454 e. The number of nitrogens with one attached hydrogen (secondary N) is 1. The van der Waals surface area contributed by atoms with E-state index in [-0.39, 0.29) is 17.8 Å². The average Bonchev–Trinajstić information content (AvgIpc) is 3.32. The largest absolute Gasteiger partial charge is 0.454 e. The van der Waals surface area contributed by atoms with Gasteiger partial charge in [-0.25, -0.2) is 14.3 Å². The Balaban J connectivity index is 1.28. The first kappa shape index (κ1) is 20.5. The minimum atomic E-state index is -0.591. The van der Waals surface area contributed by atoms with Gasteiger partial charge in [-0.1, -0.05) is 17.7 Å². The number of piperazine rings is 1. The quantitative estimate of drug-likeness (QED) is 0.477. The summed E-state index contributed by atoms with van der Waals surface area (Å²) in [4.78, 5) is 41.8. The molecule has 1 N–H and O–H groups in total. The fourth-order valence-corrected chi connectivity index (χ4v) is 4.43. The minimum absolute atomic E-state index is 0.103. The summed E-state index contributed by atoms with van der Waals surface area (Å²) >= 11 is 6.12. The fourth-order valence-electron chi connectivity index (χ4n) is 4.24. The van der Waals surface area contributed by atoms with Gasteiger partial charge in [0.15, 0.2) is 17.1 Å². The van der Waals surface area contributed by atoms with E-state index < -0.39 is 11.2 Å². The number of fused-ring (bicyclic) bond motifs is 2. The topological polar surface area (TPSA) is 106 Å². The summed E-state index contributed by atoms with van der Waals surface area (Å²) in [5, 5.41) is 0.923. The third-order valence-corrected chi connectivity index (χ3v) is 6.22. The van der Waals surface area contributed by atoms with Crippen LogP contribution in [-0.2, 0) is 0 Å². The molecule has 4 heterocycles. The molecule has 2 aromatic heterocycles. The van der Waals surface area contributed by atoms with Crippen molar-refractivity contribution in [3.63, 3.8) is 0 Å². The molecule has 0 amide bonds. The summed E-state index contributed by atoms with van der Waals surface area (Å²) in [5.41, 5.74) is 0.551. The lowest BCUT2D eigenvalue weighted by atomic mass is 10.2. The summed E-state index contributed by atoms with van der Waals surface area (Å²) in [6, 6.07) is 12.7. The zero-order chi connectivity index (χ0) is 23.2. The van der Waals surface area contributed by atoms with E-state index in [2.05, 4.69) is 19.9 Å². The van der Waals surface area contributed by atoms with Gasteiger partial charge in [-0.2, -0.15) is 4.98 Å². The molecule has 6 rings (SSSR count). The number of nitrogens with zero attached hydrogens (tertiary/aromatic N) is 5. The van der Waals surface area contributed by atoms with E-state index in [9.17, 15) is 9.59 Å². The van der Waals surface area contributed by atoms with Crippen LogP contribution in [-0.4, -0.2) is 52.5 Å². The van der Waals surface area contributed by atoms with Gasteiger partial charge < -0.3 is 19.3 Å². The monoisotopic (exact) mass is 478 g/mol. The first-order valence-corrected chi connectivity index (χ1v) is 11.1. The van der Waals surface area contributed by atoms with Crippen LogP contribution in [0.1, 0.15) is 0 Å². The van der Waals surface area contributed by atoms with Gasteiger partial charge in [0.2, 0.25) is 12.7 Å². The molecule has 10 nitrogen and oxygen atoms in total. The number of H-pyrrole nitrogens is 1. The molecule has 2 aliphatic heterocycles. The number of hydrogen-bond acceptors (Lipinski definition) is 8. The Hall–Kier alpha value is -4.05. The lowest BCUT2D eigenvalue weighted by Gasteiger charge is -2.36. The highest BCUT2D eigenvalue weighted by molar-refractivity contribution is 6.30. The second kappa shape index (κ2) is 8.07. The second-order valence-electron chi connectivity index (χ2n) is 7.99. The molecule has 1 saturated heterocycles. The molecule has 0 saturated carbocycles. The summed E-state index contributed by atoms with van der Waals surface area (Å²) in [5.74, 6) is 1.51. The van der Waals surface area contributed by atoms with Crippen LogP contribution < -0.4 is 30.5 Å². The van der Waals surface area contributed by atoms with Crippen molar-refractivity contribution in [3.8, 4) is 17.2 Å². The molecule has 2 aromatic carbocycles. The molecule has 11 heteroatoms. The number of hydrogen-bond donors (Lipinski definition) is 1. The van der Waals surface area contributed by atoms with Gasteiger partial charge in [0.1, 0.15) is 5.39 Å². The maximum atomic E-state index is 13.1. The maximum absolute atomic E-state index is 13.1. The van der Waals surface area contributed by atoms with E-state index in [4.69, 9.17) is 21.1 Å². The van der Waals surface area contributed by atoms with E-state index in [1.165, 1.54) is 6.20 Å². The van der Waals surface area contributed by atoms with E-state index in [0.717, 1.165) is 23.3 Å². The number of halogens is 1. The summed E-state index contributed by atoms with van der Waals surface area (Å²) in [7, 11) is 0. The SMILES string of the molecule is O=c1[nH]c2nc(N3CCN(c4cccc(Cl)c4)CC3)ncc2c(=O)n1-c1ccc2c(c1)OCO2. The number of ether oxygens (including phenoxy) is 2. The van der Waals surface area contributed by atoms with Crippen molar-refractivity contribution in [3.05, 3.63) is 74.5 Å². The molecule has 1 fully saturated rings. The van der Waals surface area contributed by atoms with Gasteiger partial charge in [-0.15, -0.1) is 0 Å². The zero-order valence-electron chi connectivity index (χ0n) is 17.9. The van der Waals surface area contributed by atoms with Gasteiger partial charge in [0.25, 0.3) is 5.56 Å². The van der Waals surface area contributed by atoms with Gasteiger partial charge in [0.05, 0.1) is 5.69 Å². The Kier molecular flexibility index (Phi) is 4.88. The lowest BCUT2D eigenvalue weighted by molar-refractivity contribution is 0.174. The molecule has 34 heavy (non-hydrogen) atoms. The normalized spacial score (nSPS) is 15.2. The van der Waals surface area contributed by atoms with Gasteiger partial charge in [-0.3, -0.25) is 9.78 Å². The third-order valence-electron chi connectivity index (χ3n) is 5.99. The first-order chi connectivity index (χ1) is 16.6. The van der Waals surface area contributed by atoms with Gasteiger partial charge in [0, 0.05) is 49.2 Å². The summed E-state index contributed by atoms with van der Waals surface area (Å²) < 4.78 is 11.7. The standard InChI is InChI=1S/C23H19ClN6O4/c24-14-2-1-3-15(10-14)28-6-8-29(9-7-28)22-25-12-17-20(26-22)27-23(32)30(21(17)31)16-4-5-18-19(11-16)34-13-33-18/h1-5,10-12H,6-9,13H2,(H,25,26,27,32). The van der Waals surface area contributed by atoms with Crippen LogP contribution in [0.2, 0.25) is 5.02 Å². The van der Waals surface area contributed by atoms with Crippen LogP contribution in [0.15, 0.2) is 58.3 Å². The van der Waals surface area contributed by atoms with Crippen LogP contribution >= 0.6 is 11.6 Å². The van der Waals surface area contributed by atoms with E-state index in [1.54, 1.807) is 18.2 Å². The highest BCUT2D eigenvalue weighted by Gasteiger charge is 2.21. The van der Waals surface area contributed by atoms with Crippen LogP contribution in [0.3, 0.4) is 0 Å². The molecular weight excluding hydrogens is 460 g/mol. The average molecular weight is 479 g/mol. The van der Waals surface area contributed by atoms with Crippen LogP contribution in [0.5, 0.6) is 11.5 Å². The molecule has 2 aliphatic rings. The summed E-state index contributed by atoms with van der Waals surface area (Å²) in [6.07, 6.45) is 1.46. The molecule has 0 aliphatic carbocycles. The zero-order valence-corrected chi connectivity index (χ0v) is 18.7. The van der Waals surface area contributed by atoms with Crippen LogP contribution in [0, 0.1) is 0 Å². The van der Waals surface area contributed by atoms with Gasteiger partial charge >= 0.3 is 5.69 Å². The van der Waals surface area contributed by atoms with Crippen LogP contribution in [0.25, 0.3) is 16.7 Å². The first-order valence-electron chi connectivity index (χ1n) is 10.7. The van der Waals surface area contributed by atoms with E-state index >= 15 is 0 Å². The smallest absolute Gasteiger partial charge is 0.334 e. The van der Waals surface area contributed by atoms with Crippen molar-refractivity contribution in [2.45, 2.75) is 0 Å². The number of anilines is 2. The van der Waals surface area contributed by atoms with Crippen molar-refractivity contribution < 1.29 is 9.47 Å².